The van der Waals surface area contributed by atoms with Crippen LogP contribution in [0.15, 0.2) is 41.0 Å². The number of hydrogen-bond acceptors (Lipinski definition) is 5. The predicted molar refractivity (Wildman–Crippen MR) is 93.6 cm³/mol. The predicted octanol–water partition coefficient (Wildman–Crippen LogP) is 2.77. The van der Waals surface area contributed by atoms with E-state index in [4.69, 9.17) is 20.8 Å². The molecular weight excluding hydrogens is 366 g/mol. The van der Waals surface area contributed by atoms with Gasteiger partial charge < -0.3 is 14.1 Å². The lowest BCUT2D eigenvalue weighted by atomic mass is 10.1. The van der Waals surface area contributed by atoms with E-state index in [0.717, 1.165) is 0 Å². The Hall–Kier alpha value is -1.99. The Labute approximate surface area is 151 Å². The molecule has 0 radical (unpaired) electrons. The maximum atomic E-state index is 13.2. The van der Waals surface area contributed by atoms with Gasteiger partial charge in [-0.15, -0.1) is 0 Å². The molecule has 0 bridgehead atoms. The van der Waals surface area contributed by atoms with Gasteiger partial charge in [0.05, 0.1) is 37.0 Å². The number of amides is 1. The van der Waals surface area contributed by atoms with E-state index in [-0.39, 0.29) is 24.0 Å². The molecule has 1 aliphatic rings. The molecule has 1 aromatic heterocycles. The molecule has 2 aromatic rings. The normalized spacial score (nSPS) is 18.9. The summed E-state index contributed by atoms with van der Waals surface area (Å²) in [6.45, 7) is 0.182. The highest BCUT2D eigenvalue weighted by molar-refractivity contribution is 7.91. The number of hydrogen-bond donors (Lipinski definition) is 0. The Morgan fingerprint density at radius 1 is 1.40 bits per heavy atom. The topological polar surface area (TPSA) is 76.8 Å². The minimum absolute atomic E-state index is 0.0532. The van der Waals surface area contributed by atoms with Gasteiger partial charge in [-0.3, -0.25) is 4.79 Å². The standard InChI is InChI=1S/C17H18ClNO5S/c1-23-16-5-4-12(18)9-15(16)17(20)19(10-14-3-2-7-24-14)13-6-8-25(21,22)11-13/h2-5,7,9,13H,6,8,10-11H2,1H3. The molecule has 1 unspecified atom stereocenters. The summed E-state index contributed by atoms with van der Waals surface area (Å²) < 4.78 is 34.4. The van der Waals surface area contributed by atoms with Crippen LogP contribution in [0.2, 0.25) is 5.02 Å². The first-order chi connectivity index (χ1) is 11.9. The first kappa shape index (κ1) is 17.8. The van der Waals surface area contributed by atoms with E-state index >= 15 is 0 Å². The Balaban J connectivity index is 1.96. The number of halogens is 1. The van der Waals surface area contributed by atoms with Crippen LogP contribution in [-0.2, 0) is 16.4 Å². The van der Waals surface area contributed by atoms with Crippen molar-refractivity contribution in [2.45, 2.75) is 19.0 Å². The lowest BCUT2D eigenvalue weighted by Crippen LogP contribution is -2.40. The second-order valence-corrected chi connectivity index (χ2v) is 8.58. The Morgan fingerprint density at radius 2 is 2.20 bits per heavy atom. The summed E-state index contributed by atoms with van der Waals surface area (Å²) in [7, 11) is -1.67. The largest absolute Gasteiger partial charge is 0.496 e. The van der Waals surface area contributed by atoms with Crippen molar-refractivity contribution < 1.29 is 22.4 Å². The molecule has 0 N–H and O–H groups in total. The maximum absolute atomic E-state index is 13.2. The lowest BCUT2D eigenvalue weighted by molar-refractivity contribution is 0.0662. The zero-order valence-electron chi connectivity index (χ0n) is 13.6. The van der Waals surface area contributed by atoms with Crippen LogP contribution < -0.4 is 4.74 Å². The van der Waals surface area contributed by atoms with Crippen LogP contribution in [0.5, 0.6) is 5.75 Å². The van der Waals surface area contributed by atoms with Crippen molar-refractivity contribution in [3.63, 3.8) is 0 Å². The molecule has 0 spiro atoms. The van der Waals surface area contributed by atoms with Gasteiger partial charge in [-0.2, -0.15) is 0 Å². The Kier molecular flexibility index (Phi) is 5.06. The summed E-state index contributed by atoms with van der Waals surface area (Å²) in [4.78, 5) is 14.7. The molecular formula is C17H18ClNO5S. The fraction of sp³-hybridized carbons (Fsp3) is 0.353. The number of nitrogens with zero attached hydrogens (tertiary/aromatic N) is 1. The van der Waals surface area contributed by atoms with E-state index < -0.39 is 15.9 Å². The zero-order chi connectivity index (χ0) is 18.0. The molecule has 1 fully saturated rings. The number of carbonyl (C=O) groups excluding carboxylic acids is 1. The number of sulfone groups is 1. The highest BCUT2D eigenvalue weighted by Gasteiger charge is 2.36. The number of methoxy groups -OCH3 is 1. The van der Waals surface area contributed by atoms with Crippen molar-refractivity contribution in [2.24, 2.45) is 0 Å². The SMILES string of the molecule is COc1ccc(Cl)cc1C(=O)N(Cc1ccco1)C1CCS(=O)(=O)C1. The molecule has 3 rings (SSSR count). The summed E-state index contributed by atoms with van der Waals surface area (Å²) in [5, 5.41) is 0.404. The third-order valence-electron chi connectivity index (χ3n) is 4.21. The molecule has 1 saturated heterocycles. The van der Waals surface area contributed by atoms with E-state index in [2.05, 4.69) is 0 Å². The molecule has 8 heteroatoms. The third kappa shape index (κ3) is 3.99. The maximum Gasteiger partial charge on any atom is 0.258 e. The van der Waals surface area contributed by atoms with Crippen molar-refractivity contribution in [3.05, 3.63) is 52.9 Å². The molecule has 25 heavy (non-hydrogen) atoms. The summed E-state index contributed by atoms with van der Waals surface area (Å²) in [6.07, 6.45) is 1.92. The molecule has 0 aliphatic carbocycles. The van der Waals surface area contributed by atoms with Crippen LogP contribution in [0.1, 0.15) is 22.5 Å². The average Bonchev–Trinajstić information content (AvgIpc) is 3.21. The number of furan rings is 1. The van der Waals surface area contributed by atoms with Crippen molar-refractivity contribution in [1.29, 1.82) is 0 Å². The molecule has 1 amide bonds. The van der Waals surface area contributed by atoms with E-state index in [1.165, 1.54) is 24.3 Å². The van der Waals surface area contributed by atoms with Crippen LogP contribution in [0.3, 0.4) is 0 Å². The van der Waals surface area contributed by atoms with Crippen molar-refractivity contribution in [3.8, 4) is 5.75 Å². The highest BCUT2D eigenvalue weighted by atomic mass is 35.5. The van der Waals surface area contributed by atoms with Crippen LogP contribution in [0, 0.1) is 0 Å². The summed E-state index contributed by atoms with van der Waals surface area (Å²) in [6, 6.07) is 7.84. The van der Waals surface area contributed by atoms with Crippen LogP contribution in [0.4, 0.5) is 0 Å². The average molecular weight is 384 g/mol. The van der Waals surface area contributed by atoms with E-state index in [1.807, 2.05) is 0 Å². The highest BCUT2D eigenvalue weighted by Crippen LogP contribution is 2.28. The number of ether oxygens (including phenoxy) is 1. The van der Waals surface area contributed by atoms with Crippen LogP contribution in [0.25, 0.3) is 0 Å². The minimum Gasteiger partial charge on any atom is -0.496 e. The quantitative estimate of drug-likeness (QED) is 0.793. The fourth-order valence-electron chi connectivity index (χ4n) is 2.96. The van der Waals surface area contributed by atoms with Gasteiger partial charge in [0.25, 0.3) is 5.91 Å². The molecule has 1 aromatic carbocycles. The molecule has 2 heterocycles. The van der Waals surface area contributed by atoms with Gasteiger partial charge in [0.2, 0.25) is 0 Å². The van der Waals surface area contributed by atoms with E-state index in [0.29, 0.717) is 28.5 Å². The lowest BCUT2D eigenvalue weighted by Gasteiger charge is -2.28. The molecule has 0 saturated carbocycles. The second kappa shape index (κ2) is 7.09. The van der Waals surface area contributed by atoms with Crippen molar-refractivity contribution in [2.75, 3.05) is 18.6 Å². The molecule has 6 nitrogen and oxygen atoms in total. The summed E-state index contributed by atoms with van der Waals surface area (Å²) in [5.74, 6) is 0.658. The number of carbonyl (C=O) groups is 1. The Morgan fingerprint density at radius 3 is 2.80 bits per heavy atom. The molecule has 134 valence electrons. The Bertz CT molecular complexity index is 863. The van der Waals surface area contributed by atoms with Gasteiger partial charge in [-0.05, 0) is 36.8 Å². The zero-order valence-corrected chi connectivity index (χ0v) is 15.2. The van der Waals surface area contributed by atoms with Crippen LogP contribution in [-0.4, -0.2) is 43.9 Å². The number of benzene rings is 1. The van der Waals surface area contributed by atoms with Gasteiger partial charge in [0, 0.05) is 11.1 Å². The van der Waals surface area contributed by atoms with Gasteiger partial charge in [0.1, 0.15) is 11.5 Å². The fourth-order valence-corrected chi connectivity index (χ4v) is 4.86. The van der Waals surface area contributed by atoms with Gasteiger partial charge in [-0.25, -0.2) is 8.42 Å². The smallest absolute Gasteiger partial charge is 0.258 e. The van der Waals surface area contributed by atoms with Gasteiger partial charge in [0.15, 0.2) is 9.84 Å². The number of rotatable bonds is 5. The van der Waals surface area contributed by atoms with Crippen molar-refractivity contribution in [1.82, 2.24) is 4.90 Å². The second-order valence-electron chi connectivity index (χ2n) is 5.91. The van der Waals surface area contributed by atoms with Crippen molar-refractivity contribution >= 4 is 27.3 Å². The summed E-state index contributed by atoms with van der Waals surface area (Å²) in [5.41, 5.74) is 0.297. The van der Waals surface area contributed by atoms with Crippen LogP contribution >= 0.6 is 11.6 Å². The third-order valence-corrected chi connectivity index (χ3v) is 6.19. The summed E-state index contributed by atoms with van der Waals surface area (Å²) >= 11 is 6.03. The first-order valence-electron chi connectivity index (χ1n) is 7.77. The molecule has 1 atom stereocenters. The van der Waals surface area contributed by atoms with E-state index in [1.54, 1.807) is 24.3 Å². The van der Waals surface area contributed by atoms with Gasteiger partial charge >= 0.3 is 0 Å². The molecule has 1 aliphatic heterocycles. The first-order valence-corrected chi connectivity index (χ1v) is 9.97. The minimum atomic E-state index is -3.14. The monoisotopic (exact) mass is 383 g/mol. The van der Waals surface area contributed by atoms with Gasteiger partial charge in [-0.1, -0.05) is 11.6 Å². The van der Waals surface area contributed by atoms with E-state index in [9.17, 15) is 13.2 Å².